The van der Waals surface area contributed by atoms with Crippen LogP contribution in [0, 0.1) is 11.3 Å². The van der Waals surface area contributed by atoms with Crippen LogP contribution in [0.3, 0.4) is 0 Å². The molecule has 0 atom stereocenters. The zero-order valence-corrected chi connectivity index (χ0v) is 13.3. The average molecular weight is 327 g/mol. The Morgan fingerprint density at radius 3 is 2.43 bits per heavy atom. The third-order valence-corrected chi connectivity index (χ3v) is 5.40. The van der Waals surface area contributed by atoms with Crippen molar-refractivity contribution in [2.75, 3.05) is 33.2 Å². The average Bonchev–Trinajstić information content (AvgIpc) is 2.47. The summed E-state index contributed by atoms with van der Waals surface area (Å²) in [4.78, 5) is 3.14. The van der Waals surface area contributed by atoms with Crippen molar-refractivity contribution in [2.45, 2.75) is 4.90 Å². The van der Waals surface area contributed by atoms with Crippen molar-refractivity contribution in [3.05, 3.63) is 40.4 Å². The highest BCUT2D eigenvalue weighted by atomic mass is 35.5. The first-order valence-electron chi connectivity index (χ1n) is 6.61. The summed E-state index contributed by atoms with van der Waals surface area (Å²) in [6, 6.07) is 7.64. The number of benzene rings is 1. The van der Waals surface area contributed by atoms with Gasteiger partial charge in [0.15, 0.2) is 4.91 Å². The molecule has 1 aliphatic rings. The summed E-state index contributed by atoms with van der Waals surface area (Å²) < 4.78 is 24.9. The van der Waals surface area contributed by atoms with Crippen molar-refractivity contribution >= 4 is 21.4 Å². The van der Waals surface area contributed by atoms with Gasteiger partial charge in [-0.25, -0.2) is 8.42 Å². The monoisotopic (exact) mass is 326 g/mol. The number of allylic oxidation sites excluding steroid dienone is 1. The Hall–Kier alpha value is -1.55. The molecule has 1 aliphatic heterocycles. The number of likely N-dealkylation sites (N-methyl/N-ethyl adjacent to an activating group) is 1. The summed E-state index contributed by atoms with van der Waals surface area (Å²) >= 11 is 5.76. The van der Waals surface area contributed by atoms with Gasteiger partial charge < -0.3 is 9.80 Å². The van der Waals surface area contributed by atoms with Gasteiger partial charge in [-0.15, -0.1) is 0 Å². The molecular formula is C14H17ClN3O2S+. The topological polar surface area (TPSA) is 65.6 Å². The first-order chi connectivity index (χ1) is 9.93. The molecule has 0 unspecified atom stereocenters. The van der Waals surface area contributed by atoms with E-state index in [2.05, 4.69) is 7.05 Å². The van der Waals surface area contributed by atoms with E-state index in [9.17, 15) is 13.7 Å². The van der Waals surface area contributed by atoms with E-state index < -0.39 is 9.84 Å². The highest BCUT2D eigenvalue weighted by Gasteiger charge is 2.23. The molecule has 1 aromatic carbocycles. The molecule has 0 radical (unpaired) electrons. The maximum Gasteiger partial charge on any atom is 0.218 e. The van der Waals surface area contributed by atoms with E-state index in [-0.39, 0.29) is 9.80 Å². The zero-order valence-electron chi connectivity index (χ0n) is 11.7. The molecule has 1 aromatic rings. The van der Waals surface area contributed by atoms with Gasteiger partial charge in [0.05, 0.1) is 38.1 Å². The van der Waals surface area contributed by atoms with Gasteiger partial charge in [-0.2, -0.15) is 5.26 Å². The molecule has 5 nitrogen and oxygen atoms in total. The van der Waals surface area contributed by atoms with E-state index in [1.807, 2.05) is 4.90 Å². The van der Waals surface area contributed by atoms with Gasteiger partial charge in [0.1, 0.15) is 6.07 Å². The highest BCUT2D eigenvalue weighted by molar-refractivity contribution is 7.95. The lowest BCUT2D eigenvalue weighted by Crippen LogP contribution is -3.11. The number of halogens is 1. The molecular weight excluding hydrogens is 310 g/mol. The minimum atomic E-state index is -3.79. The highest BCUT2D eigenvalue weighted by Crippen LogP contribution is 2.21. The minimum absolute atomic E-state index is 0.0828. The second kappa shape index (κ2) is 6.48. The SMILES string of the molecule is C[NH+]1CCN(/C=C(\C#N)S(=O)(=O)c2ccc(Cl)cc2)CC1. The van der Waals surface area contributed by atoms with Crippen molar-refractivity contribution in [3.8, 4) is 6.07 Å². The molecule has 1 saturated heterocycles. The van der Waals surface area contributed by atoms with Crippen molar-refractivity contribution in [1.29, 1.82) is 5.26 Å². The Morgan fingerprint density at radius 1 is 1.33 bits per heavy atom. The third-order valence-electron chi connectivity index (χ3n) is 3.48. The van der Waals surface area contributed by atoms with Crippen LogP contribution in [-0.2, 0) is 9.84 Å². The first kappa shape index (κ1) is 15.8. The summed E-state index contributed by atoms with van der Waals surface area (Å²) in [5.41, 5.74) is 0. The largest absolute Gasteiger partial charge is 0.364 e. The fraction of sp³-hybridized carbons (Fsp3) is 0.357. The van der Waals surface area contributed by atoms with Gasteiger partial charge in [-0.05, 0) is 24.3 Å². The molecule has 2 rings (SSSR count). The van der Waals surface area contributed by atoms with E-state index in [4.69, 9.17) is 11.6 Å². The number of nitrogens with zero attached hydrogens (tertiary/aromatic N) is 2. The lowest BCUT2D eigenvalue weighted by atomic mass is 10.3. The molecule has 21 heavy (non-hydrogen) atoms. The van der Waals surface area contributed by atoms with E-state index in [0.717, 1.165) is 26.2 Å². The van der Waals surface area contributed by atoms with Gasteiger partial charge in [-0.1, -0.05) is 11.6 Å². The van der Waals surface area contributed by atoms with Crippen LogP contribution in [0.25, 0.3) is 0 Å². The molecule has 1 fully saturated rings. The maximum atomic E-state index is 12.4. The van der Waals surface area contributed by atoms with Crippen LogP contribution in [0.15, 0.2) is 40.3 Å². The molecule has 112 valence electrons. The third kappa shape index (κ3) is 3.76. The van der Waals surface area contributed by atoms with Crippen LogP contribution in [0.2, 0.25) is 5.02 Å². The number of nitriles is 1. The number of hydrogen-bond acceptors (Lipinski definition) is 4. The van der Waals surface area contributed by atoms with Gasteiger partial charge in [0.2, 0.25) is 9.84 Å². The van der Waals surface area contributed by atoms with Crippen LogP contribution in [0.1, 0.15) is 0 Å². The van der Waals surface area contributed by atoms with Gasteiger partial charge >= 0.3 is 0 Å². The summed E-state index contributed by atoms with van der Waals surface area (Å²) in [5.74, 6) is 0. The maximum absolute atomic E-state index is 12.4. The van der Waals surface area contributed by atoms with Crippen LogP contribution < -0.4 is 4.90 Å². The summed E-state index contributed by atoms with van der Waals surface area (Å²) in [5, 5.41) is 9.66. The molecule has 0 bridgehead atoms. The van der Waals surface area contributed by atoms with Gasteiger partial charge in [0, 0.05) is 11.2 Å². The summed E-state index contributed by atoms with van der Waals surface area (Å²) in [7, 11) is -1.69. The predicted octanol–water partition coefficient (Wildman–Crippen LogP) is 0.309. The van der Waals surface area contributed by atoms with Crippen molar-refractivity contribution in [3.63, 3.8) is 0 Å². The summed E-state index contributed by atoms with van der Waals surface area (Å²) in [6.45, 7) is 3.34. The normalized spacial score (nSPS) is 17.6. The minimum Gasteiger partial charge on any atom is -0.364 e. The Kier molecular flexibility index (Phi) is 4.88. The molecule has 0 aliphatic carbocycles. The van der Waals surface area contributed by atoms with Crippen LogP contribution >= 0.6 is 11.6 Å². The number of sulfone groups is 1. The lowest BCUT2D eigenvalue weighted by Gasteiger charge is -2.29. The van der Waals surface area contributed by atoms with Crippen molar-refractivity contribution in [1.82, 2.24) is 4.90 Å². The van der Waals surface area contributed by atoms with E-state index in [1.165, 1.54) is 35.4 Å². The van der Waals surface area contributed by atoms with Gasteiger partial charge in [0.25, 0.3) is 0 Å². The van der Waals surface area contributed by atoms with Crippen LogP contribution in [-0.4, -0.2) is 46.5 Å². The first-order valence-corrected chi connectivity index (χ1v) is 8.47. The Morgan fingerprint density at radius 2 is 1.90 bits per heavy atom. The standard InChI is InChI=1S/C14H16ClN3O2S/c1-17-6-8-18(9-7-17)11-14(10-16)21(19,20)13-4-2-12(15)3-5-13/h2-5,11H,6-9H2,1H3/p+1/b14-11+. The molecule has 7 heteroatoms. The van der Waals surface area contributed by atoms with Crippen LogP contribution in [0.5, 0.6) is 0 Å². The molecule has 1 N–H and O–H groups in total. The van der Waals surface area contributed by atoms with Crippen molar-refractivity contribution < 1.29 is 13.3 Å². The number of hydrogen-bond donors (Lipinski definition) is 1. The van der Waals surface area contributed by atoms with Crippen molar-refractivity contribution in [2.24, 2.45) is 0 Å². The van der Waals surface area contributed by atoms with E-state index in [1.54, 1.807) is 6.07 Å². The fourth-order valence-corrected chi connectivity index (χ4v) is 3.38. The molecule has 0 amide bonds. The Balaban J connectivity index is 2.28. The predicted molar refractivity (Wildman–Crippen MR) is 80.5 cm³/mol. The van der Waals surface area contributed by atoms with E-state index in [0.29, 0.717) is 5.02 Å². The number of nitrogens with one attached hydrogen (secondary N) is 1. The molecule has 0 spiro atoms. The van der Waals surface area contributed by atoms with Crippen LogP contribution in [0.4, 0.5) is 0 Å². The van der Waals surface area contributed by atoms with E-state index >= 15 is 0 Å². The number of rotatable bonds is 3. The summed E-state index contributed by atoms with van der Waals surface area (Å²) in [6.07, 6.45) is 1.45. The second-order valence-corrected chi connectivity index (χ2v) is 7.41. The lowest BCUT2D eigenvalue weighted by molar-refractivity contribution is -0.883. The molecule has 0 aromatic heterocycles. The molecule has 1 heterocycles. The quantitative estimate of drug-likeness (QED) is 0.812. The zero-order chi connectivity index (χ0) is 15.5. The smallest absolute Gasteiger partial charge is 0.218 e. The Bertz CT molecular complexity index is 669. The Labute approximate surface area is 129 Å². The second-order valence-electron chi connectivity index (χ2n) is 5.06. The fourth-order valence-electron chi connectivity index (χ4n) is 2.10. The van der Waals surface area contributed by atoms with Gasteiger partial charge in [-0.3, -0.25) is 0 Å². The number of quaternary nitrogens is 1. The number of piperazine rings is 1. The molecule has 0 saturated carbocycles.